The molecule has 1 rings (SSSR count). The van der Waals surface area contributed by atoms with Crippen molar-refractivity contribution in [1.29, 1.82) is 0 Å². The van der Waals surface area contributed by atoms with Gasteiger partial charge in [-0.05, 0) is 0 Å². The first-order chi connectivity index (χ1) is 4.45. The maximum absolute atomic E-state index is 3.44. The third-order valence-corrected chi connectivity index (χ3v) is 2.56. The van der Waals surface area contributed by atoms with Gasteiger partial charge in [-0.25, -0.2) is 5.57 Å². The summed E-state index contributed by atoms with van der Waals surface area (Å²) in [6, 6.07) is 0. The molecule has 0 radical (unpaired) electrons. The number of allylic oxidation sites excluding steroid dienone is 4. The molecule has 0 nitrogen and oxygen atoms in total. The number of hydrogen-bond donors (Lipinski definition) is 0. The Morgan fingerprint density at radius 3 is 1.43 bits per heavy atom. The average Bonchev–Trinajstić information content (AvgIpc) is 1.95. The summed E-state index contributed by atoms with van der Waals surface area (Å²) in [5.41, 5.74) is 4.39. The summed E-state index contributed by atoms with van der Waals surface area (Å²) in [5, 5.41) is 0. The molecule has 0 spiro atoms. The third-order valence-electron chi connectivity index (χ3n) is 2.56. The zero-order valence-corrected chi connectivity index (χ0v) is 13.9. The Kier molecular flexibility index (Phi) is 14.1. The molecule has 82 valence electrons. The van der Waals surface area contributed by atoms with Gasteiger partial charge in [0.05, 0.1) is 0 Å². The van der Waals surface area contributed by atoms with E-state index in [1.807, 2.05) is 0 Å². The topological polar surface area (TPSA) is 0 Å². The molecule has 0 fully saturated rings. The third kappa shape index (κ3) is 4.64. The molecule has 0 bridgehead atoms. The van der Waals surface area contributed by atoms with Crippen molar-refractivity contribution in [2.75, 3.05) is 0 Å². The zero-order chi connectivity index (χ0) is 7.94. The smallest absolute Gasteiger partial charge is 0.358 e. The molecule has 1 aliphatic carbocycles. The zero-order valence-electron chi connectivity index (χ0n) is 9.82. The second-order valence-corrected chi connectivity index (χ2v) is 3.62. The van der Waals surface area contributed by atoms with E-state index in [0.717, 1.165) is 0 Å². The minimum Gasteiger partial charge on any atom is -0.358 e. The monoisotopic (exact) mass is 312 g/mol. The maximum Gasteiger partial charge on any atom is 2.00 e. The Bertz CT molecular complexity index is 227. The van der Waals surface area contributed by atoms with Crippen molar-refractivity contribution in [3.8, 4) is 0 Å². The van der Waals surface area contributed by atoms with Crippen LogP contribution < -0.4 is 0 Å². The van der Waals surface area contributed by atoms with Gasteiger partial charge in [0.25, 0.3) is 0 Å². The van der Waals surface area contributed by atoms with Crippen LogP contribution in [0.5, 0.6) is 0 Å². The van der Waals surface area contributed by atoms with E-state index in [2.05, 4.69) is 40.7 Å². The van der Waals surface area contributed by atoms with Crippen molar-refractivity contribution in [2.24, 2.45) is 5.41 Å². The Hall–Kier alpha value is 0.943. The van der Waals surface area contributed by atoms with E-state index in [4.69, 9.17) is 0 Å². The SMILES string of the molecule is CC1=[C-]C(C)(C)C(C)=C1C.Cl.Cl.[CH3-].[Zr+2]. The summed E-state index contributed by atoms with van der Waals surface area (Å²) < 4.78 is 0. The van der Waals surface area contributed by atoms with E-state index < -0.39 is 0 Å². The molecule has 3 heteroatoms. The van der Waals surface area contributed by atoms with Gasteiger partial charge in [-0.1, -0.05) is 33.1 Å². The van der Waals surface area contributed by atoms with Crippen LogP contribution in [0.1, 0.15) is 34.6 Å². The first-order valence-corrected chi connectivity index (χ1v) is 3.75. The van der Waals surface area contributed by atoms with Crippen LogP contribution in [-0.4, -0.2) is 0 Å². The van der Waals surface area contributed by atoms with Crippen LogP contribution in [0.15, 0.2) is 16.7 Å². The summed E-state index contributed by atoms with van der Waals surface area (Å²) in [4.78, 5) is 0. The van der Waals surface area contributed by atoms with Crippen LogP contribution in [0.3, 0.4) is 0 Å². The van der Waals surface area contributed by atoms with E-state index in [1.54, 1.807) is 0 Å². The molecule has 1 aliphatic rings. The predicted molar refractivity (Wildman–Crippen MR) is 65.5 cm³/mol. The fourth-order valence-corrected chi connectivity index (χ4v) is 1.41. The summed E-state index contributed by atoms with van der Waals surface area (Å²) in [5.74, 6) is 0. The molecule has 0 aromatic rings. The fraction of sp³-hybridized carbons (Fsp3) is 0.545. The molecule has 0 aromatic heterocycles. The van der Waals surface area contributed by atoms with E-state index in [1.165, 1.54) is 16.7 Å². The van der Waals surface area contributed by atoms with Gasteiger partial charge >= 0.3 is 26.2 Å². The molecular weight excluding hydrogens is 294 g/mol. The fourth-order valence-electron chi connectivity index (χ4n) is 1.41. The first kappa shape index (κ1) is 24.3. The molecule has 0 aromatic carbocycles. The van der Waals surface area contributed by atoms with Crippen LogP contribution in [0.2, 0.25) is 0 Å². The molecule has 0 amide bonds. The Morgan fingerprint density at radius 2 is 1.36 bits per heavy atom. The maximum atomic E-state index is 3.44. The van der Waals surface area contributed by atoms with Gasteiger partial charge in [-0.15, -0.1) is 31.7 Å². The molecule has 0 atom stereocenters. The van der Waals surface area contributed by atoms with Gasteiger partial charge in [0.15, 0.2) is 0 Å². The molecular formula is C11H20Cl2Zr. The Morgan fingerprint density at radius 1 is 1.00 bits per heavy atom. The van der Waals surface area contributed by atoms with Crippen LogP contribution in [0.25, 0.3) is 0 Å². The summed E-state index contributed by atoms with van der Waals surface area (Å²) >= 11 is 0. The number of rotatable bonds is 0. The minimum absolute atomic E-state index is 0. The van der Waals surface area contributed by atoms with Crippen LogP contribution in [0.4, 0.5) is 0 Å². The van der Waals surface area contributed by atoms with E-state index in [9.17, 15) is 0 Å². The second kappa shape index (κ2) is 8.14. The second-order valence-electron chi connectivity index (χ2n) is 3.62. The molecule has 0 saturated heterocycles. The van der Waals surface area contributed by atoms with E-state index in [0.29, 0.717) is 0 Å². The van der Waals surface area contributed by atoms with Crippen molar-refractivity contribution in [1.82, 2.24) is 0 Å². The standard InChI is InChI=1S/C10H15.CH3.2ClH.Zr/c1-7-6-10(4,5)9(3)8(7)2;;;;/h1-5H3;1H3;2*1H;/q2*-1;;;+2. The van der Waals surface area contributed by atoms with Crippen LogP contribution >= 0.6 is 24.8 Å². The predicted octanol–water partition coefficient (Wildman–Crippen LogP) is 4.40. The average molecular weight is 314 g/mol. The van der Waals surface area contributed by atoms with Crippen molar-refractivity contribution in [3.05, 3.63) is 30.2 Å². The molecule has 14 heavy (non-hydrogen) atoms. The normalized spacial score (nSPS) is 16.8. The summed E-state index contributed by atoms with van der Waals surface area (Å²) in [7, 11) is 0. The molecule has 0 saturated carbocycles. The Balaban J connectivity index is -0.000000125. The number of hydrogen-bond acceptors (Lipinski definition) is 0. The van der Waals surface area contributed by atoms with Gasteiger partial charge in [0.2, 0.25) is 0 Å². The van der Waals surface area contributed by atoms with Crippen molar-refractivity contribution in [2.45, 2.75) is 34.6 Å². The van der Waals surface area contributed by atoms with Gasteiger partial charge < -0.3 is 7.43 Å². The van der Waals surface area contributed by atoms with Crippen molar-refractivity contribution >= 4 is 24.8 Å². The van der Waals surface area contributed by atoms with E-state index >= 15 is 0 Å². The molecule has 0 N–H and O–H groups in total. The van der Waals surface area contributed by atoms with Gasteiger partial charge in [0, 0.05) is 0 Å². The van der Waals surface area contributed by atoms with Gasteiger partial charge in [0.1, 0.15) is 0 Å². The van der Waals surface area contributed by atoms with Crippen molar-refractivity contribution < 1.29 is 26.2 Å². The minimum atomic E-state index is 0. The van der Waals surface area contributed by atoms with Gasteiger partial charge in [-0.2, -0.15) is 11.1 Å². The number of halogens is 2. The van der Waals surface area contributed by atoms with Crippen LogP contribution in [-0.2, 0) is 26.2 Å². The van der Waals surface area contributed by atoms with Gasteiger partial charge in [-0.3, -0.25) is 6.08 Å². The summed E-state index contributed by atoms with van der Waals surface area (Å²) in [6.45, 7) is 10.9. The van der Waals surface area contributed by atoms with Crippen molar-refractivity contribution in [3.63, 3.8) is 0 Å². The first-order valence-electron chi connectivity index (χ1n) is 3.75. The largest absolute Gasteiger partial charge is 2.00 e. The Labute approximate surface area is 121 Å². The quantitative estimate of drug-likeness (QED) is 0.581. The molecule has 0 heterocycles. The molecule has 0 aliphatic heterocycles. The molecule has 0 unspecified atom stereocenters. The van der Waals surface area contributed by atoms with Crippen LogP contribution in [0, 0.1) is 18.9 Å². The summed E-state index contributed by atoms with van der Waals surface area (Å²) in [6.07, 6.45) is 3.44. The van der Waals surface area contributed by atoms with E-state index in [-0.39, 0.29) is 63.9 Å².